The predicted molar refractivity (Wildman–Crippen MR) is 82.5 cm³/mol. The van der Waals surface area contributed by atoms with Crippen LogP contribution in [0.25, 0.3) is 0 Å². The molecule has 1 aromatic rings. The van der Waals surface area contributed by atoms with Crippen LogP contribution in [0.2, 0.25) is 0 Å². The quantitative estimate of drug-likeness (QED) is 0.836. The van der Waals surface area contributed by atoms with Crippen LogP contribution in [0.3, 0.4) is 0 Å². The summed E-state index contributed by atoms with van der Waals surface area (Å²) in [5, 5.41) is 3.69. The Labute approximate surface area is 121 Å². The summed E-state index contributed by atoms with van der Waals surface area (Å²) in [4.78, 5) is 11.0. The number of benzene rings is 1. The maximum Gasteiger partial charge on any atom is 0.248 e. The minimum Gasteiger partial charge on any atom is -0.366 e. The van der Waals surface area contributed by atoms with Crippen molar-refractivity contribution in [3.8, 4) is 0 Å². The second-order valence-corrected chi connectivity index (χ2v) is 5.85. The fraction of sp³-hybridized carbons (Fsp3) is 0.588. The molecule has 3 heteroatoms. The highest BCUT2D eigenvalue weighted by atomic mass is 16.1. The van der Waals surface area contributed by atoms with Crippen molar-refractivity contribution in [3.05, 3.63) is 35.4 Å². The Morgan fingerprint density at radius 1 is 1.25 bits per heavy atom. The Morgan fingerprint density at radius 3 is 2.45 bits per heavy atom. The molecule has 1 aliphatic carbocycles. The second-order valence-electron chi connectivity index (χ2n) is 5.85. The van der Waals surface area contributed by atoms with Crippen LogP contribution in [0.15, 0.2) is 24.3 Å². The molecular weight excluding hydrogens is 248 g/mol. The van der Waals surface area contributed by atoms with Gasteiger partial charge in [-0.2, -0.15) is 0 Å². The van der Waals surface area contributed by atoms with Crippen LogP contribution in [0.4, 0.5) is 0 Å². The number of carbonyl (C=O) groups excluding carboxylic acids is 1. The van der Waals surface area contributed by atoms with Crippen molar-refractivity contribution < 1.29 is 4.79 Å². The van der Waals surface area contributed by atoms with E-state index >= 15 is 0 Å². The van der Waals surface area contributed by atoms with Gasteiger partial charge in [0, 0.05) is 18.2 Å². The molecule has 1 saturated carbocycles. The van der Waals surface area contributed by atoms with Crippen LogP contribution in [-0.2, 0) is 6.54 Å². The first-order chi connectivity index (χ1) is 9.70. The lowest BCUT2D eigenvalue weighted by Crippen LogP contribution is -2.36. The molecule has 20 heavy (non-hydrogen) atoms. The Hall–Kier alpha value is -1.35. The third kappa shape index (κ3) is 4.07. The summed E-state index contributed by atoms with van der Waals surface area (Å²) in [5.74, 6) is 0.469. The van der Waals surface area contributed by atoms with Crippen molar-refractivity contribution >= 4 is 5.91 Å². The SMILES string of the molecule is CCC(NCc1ccc(C(N)=O)cc1)C1CCCCC1. The molecule has 0 radical (unpaired) electrons. The number of nitrogens with one attached hydrogen (secondary N) is 1. The summed E-state index contributed by atoms with van der Waals surface area (Å²) >= 11 is 0. The molecule has 1 aromatic carbocycles. The zero-order chi connectivity index (χ0) is 14.4. The van der Waals surface area contributed by atoms with Gasteiger partial charge in [-0.1, -0.05) is 38.3 Å². The molecule has 1 aliphatic rings. The van der Waals surface area contributed by atoms with Crippen LogP contribution in [-0.4, -0.2) is 11.9 Å². The van der Waals surface area contributed by atoms with Gasteiger partial charge in [-0.3, -0.25) is 4.79 Å². The first-order valence-electron chi connectivity index (χ1n) is 7.83. The maximum atomic E-state index is 11.0. The van der Waals surface area contributed by atoms with Gasteiger partial charge in [0.1, 0.15) is 0 Å². The van der Waals surface area contributed by atoms with Crippen LogP contribution in [0, 0.1) is 5.92 Å². The lowest BCUT2D eigenvalue weighted by molar-refractivity contribution is 0.100. The highest BCUT2D eigenvalue weighted by Crippen LogP contribution is 2.27. The maximum absolute atomic E-state index is 11.0. The molecule has 0 heterocycles. The smallest absolute Gasteiger partial charge is 0.248 e. The van der Waals surface area contributed by atoms with E-state index in [9.17, 15) is 4.79 Å². The number of hydrogen-bond acceptors (Lipinski definition) is 2. The predicted octanol–water partition coefficient (Wildman–Crippen LogP) is 3.23. The van der Waals surface area contributed by atoms with Crippen molar-refractivity contribution in [1.29, 1.82) is 0 Å². The van der Waals surface area contributed by atoms with Crippen LogP contribution >= 0.6 is 0 Å². The van der Waals surface area contributed by atoms with E-state index in [1.54, 1.807) is 12.1 Å². The summed E-state index contributed by atoms with van der Waals surface area (Å²) in [6.45, 7) is 3.14. The van der Waals surface area contributed by atoms with Gasteiger partial charge < -0.3 is 11.1 Å². The summed E-state index contributed by atoms with van der Waals surface area (Å²) in [6, 6.07) is 8.20. The van der Waals surface area contributed by atoms with Crippen molar-refractivity contribution in [2.24, 2.45) is 11.7 Å². The Balaban J connectivity index is 1.87. The third-order valence-corrected chi connectivity index (χ3v) is 4.47. The average Bonchev–Trinajstić information content (AvgIpc) is 2.49. The van der Waals surface area contributed by atoms with Crippen LogP contribution in [0.5, 0.6) is 0 Å². The normalized spacial score (nSPS) is 17.9. The monoisotopic (exact) mass is 274 g/mol. The molecule has 2 rings (SSSR count). The van der Waals surface area contributed by atoms with Crippen molar-refractivity contribution in [1.82, 2.24) is 5.32 Å². The van der Waals surface area contributed by atoms with Gasteiger partial charge in [0.2, 0.25) is 5.91 Å². The molecule has 3 N–H and O–H groups in total. The van der Waals surface area contributed by atoms with Crippen molar-refractivity contribution in [2.45, 2.75) is 58.0 Å². The molecule has 0 bridgehead atoms. The van der Waals surface area contributed by atoms with Gasteiger partial charge >= 0.3 is 0 Å². The minimum atomic E-state index is -0.363. The van der Waals surface area contributed by atoms with Gasteiger partial charge in [-0.15, -0.1) is 0 Å². The number of amides is 1. The number of primary amides is 1. The minimum absolute atomic E-state index is 0.363. The summed E-state index contributed by atoms with van der Waals surface area (Å²) < 4.78 is 0. The molecule has 0 aliphatic heterocycles. The zero-order valence-corrected chi connectivity index (χ0v) is 12.4. The second kappa shape index (κ2) is 7.44. The summed E-state index contributed by atoms with van der Waals surface area (Å²) in [7, 11) is 0. The van der Waals surface area contributed by atoms with Gasteiger partial charge in [0.05, 0.1) is 0 Å². The van der Waals surface area contributed by atoms with E-state index in [0.29, 0.717) is 11.6 Å². The number of rotatable bonds is 6. The molecule has 1 fully saturated rings. The molecule has 1 atom stereocenters. The summed E-state index contributed by atoms with van der Waals surface area (Å²) in [5.41, 5.74) is 7.04. The highest BCUT2D eigenvalue weighted by molar-refractivity contribution is 5.92. The Bertz CT molecular complexity index is 421. The molecule has 3 nitrogen and oxygen atoms in total. The summed E-state index contributed by atoms with van der Waals surface area (Å²) in [6.07, 6.45) is 8.09. The van der Waals surface area contributed by atoms with E-state index in [-0.39, 0.29) is 5.91 Å². The standard InChI is InChI=1S/C17H26N2O/c1-2-16(14-6-4-3-5-7-14)19-12-13-8-10-15(11-9-13)17(18)20/h8-11,14,16,19H,2-7,12H2,1H3,(H2,18,20). The van der Waals surface area contributed by atoms with E-state index in [1.807, 2.05) is 12.1 Å². The van der Waals surface area contributed by atoms with E-state index in [0.717, 1.165) is 12.5 Å². The molecule has 0 spiro atoms. The van der Waals surface area contributed by atoms with E-state index in [1.165, 1.54) is 44.1 Å². The fourth-order valence-electron chi connectivity index (χ4n) is 3.22. The first kappa shape index (κ1) is 15.0. The van der Waals surface area contributed by atoms with E-state index < -0.39 is 0 Å². The fourth-order valence-corrected chi connectivity index (χ4v) is 3.22. The molecule has 0 saturated heterocycles. The van der Waals surface area contributed by atoms with E-state index in [4.69, 9.17) is 5.73 Å². The molecule has 1 unspecified atom stereocenters. The largest absolute Gasteiger partial charge is 0.366 e. The topological polar surface area (TPSA) is 55.1 Å². The molecule has 0 aromatic heterocycles. The molecule has 110 valence electrons. The number of carbonyl (C=O) groups is 1. The average molecular weight is 274 g/mol. The van der Waals surface area contributed by atoms with Crippen LogP contribution < -0.4 is 11.1 Å². The molecular formula is C17H26N2O. The van der Waals surface area contributed by atoms with Gasteiger partial charge in [0.25, 0.3) is 0 Å². The lowest BCUT2D eigenvalue weighted by Gasteiger charge is -2.30. The highest BCUT2D eigenvalue weighted by Gasteiger charge is 2.21. The van der Waals surface area contributed by atoms with Gasteiger partial charge in [-0.25, -0.2) is 0 Å². The zero-order valence-electron chi connectivity index (χ0n) is 12.4. The van der Waals surface area contributed by atoms with Crippen LogP contribution in [0.1, 0.15) is 61.4 Å². The Morgan fingerprint density at radius 2 is 1.90 bits per heavy atom. The third-order valence-electron chi connectivity index (χ3n) is 4.47. The van der Waals surface area contributed by atoms with Gasteiger partial charge in [0.15, 0.2) is 0 Å². The van der Waals surface area contributed by atoms with Gasteiger partial charge in [-0.05, 0) is 42.9 Å². The van der Waals surface area contributed by atoms with Crippen molar-refractivity contribution in [3.63, 3.8) is 0 Å². The number of hydrogen-bond donors (Lipinski definition) is 2. The Kier molecular flexibility index (Phi) is 5.60. The lowest BCUT2D eigenvalue weighted by atomic mass is 9.83. The van der Waals surface area contributed by atoms with Crippen molar-refractivity contribution in [2.75, 3.05) is 0 Å². The molecule has 1 amide bonds. The van der Waals surface area contributed by atoms with E-state index in [2.05, 4.69) is 12.2 Å². The first-order valence-corrected chi connectivity index (χ1v) is 7.83. The number of nitrogens with two attached hydrogens (primary N) is 1.